The highest BCUT2D eigenvalue weighted by atomic mass is 79.9. The lowest BCUT2D eigenvalue weighted by Gasteiger charge is -2.30. The summed E-state index contributed by atoms with van der Waals surface area (Å²) in [5.41, 5.74) is 0.795. The third kappa shape index (κ3) is 4.86. The second kappa shape index (κ2) is 9.83. The SMILES string of the molecule is CCCNC(=O)[C@@H](C)N(Cc1ccc(Br)cc1)C(=O)CN1C(=O)c2ccccc2S1(=O)=O. The van der Waals surface area contributed by atoms with Crippen LogP contribution in [0.15, 0.2) is 57.9 Å². The van der Waals surface area contributed by atoms with Crippen LogP contribution in [0.4, 0.5) is 0 Å². The Bertz CT molecular complexity index is 1130. The minimum Gasteiger partial charge on any atom is -0.354 e. The van der Waals surface area contributed by atoms with E-state index in [4.69, 9.17) is 0 Å². The smallest absolute Gasteiger partial charge is 0.269 e. The van der Waals surface area contributed by atoms with Gasteiger partial charge in [0.05, 0.1) is 5.56 Å². The Balaban J connectivity index is 1.87. The van der Waals surface area contributed by atoms with E-state index in [2.05, 4.69) is 21.2 Å². The van der Waals surface area contributed by atoms with Crippen LogP contribution in [0.5, 0.6) is 0 Å². The van der Waals surface area contributed by atoms with Crippen molar-refractivity contribution in [2.75, 3.05) is 13.1 Å². The van der Waals surface area contributed by atoms with Gasteiger partial charge in [0.1, 0.15) is 17.5 Å². The minimum atomic E-state index is -4.13. The van der Waals surface area contributed by atoms with E-state index in [1.165, 1.54) is 23.1 Å². The van der Waals surface area contributed by atoms with Crippen molar-refractivity contribution in [3.63, 3.8) is 0 Å². The molecule has 0 aliphatic carbocycles. The Kier molecular flexibility index (Phi) is 7.35. The summed E-state index contributed by atoms with van der Waals surface area (Å²) in [4.78, 5) is 39.7. The first-order valence-electron chi connectivity index (χ1n) is 10.1. The summed E-state index contributed by atoms with van der Waals surface area (Å²) < 4.78 is 27.1. The van der Waals surface area contributed by atoms with Crippen LogP contribution in [0.2, 0.25) is 0 Å². The Labute approximate surface area is 195 Å². The molecule has 1 aliphatic heterocycles. The van der Waals surface area contributed by atoms with Crippen LogP contribution in [-0.2, 0) is 26.2 Å². The number of amides is 3. The molecule has 2 aromatic rings. The maximum Gasteiger partial charge on any atom is 0.269 e. The molecule has 1 aliphatic rings. The molecular weight excluding hydrogens is 498 g/mol. The highest BCUT2D eigenvalue weighted by Gasteiger charge is 2.43. The van der Waals surface area contributed by atoms with Crippen molar-refractivity contribution < 1.29 is 22.8 Å². The van der Waals surface area contributed by atoms with Crippen molar-refractivity contribution in [1.29, 1.82) is 0 Å². The van der Waals surface area contributed by atoms with E-state index in [1.54, 1.807) is 25.1 Å². The predicted octanol–water partition coefficient (Wildman–Crippen LogP) is 2.54. The highest BCUT2D eigenvalue weighted by molar-refractivity contribution is 9.10. The lowest BCUT2D eigenvalue weighted by Crippen LogP contribution is -2.51. The van der Waals surface area contributed by atoms with Crippen LogP contribution in [0, 0.1) is 0 Å². The van der Waals surface area contributed by atoms with E-state index in [9.17, 15) is 22.8 Å². The van der Waals surface area contributed by atoms with Crippen molar-refractivity contribution in [1.82, 2.24) is 14.5 Å². The molecule has 0 bridgehead atoms. The second-order valence-electron chi connectivity index (χ2n) is 7.43. The van der Waals surface area contributed by atoms with E-state index < -0.39 is 34.4 Å². The van der Waals surface area contributed by atoms with Crippen molar-refractivity contribution in [3.05, 3.63) is 64.1 Å². The van der Waals surface area contributed by atoms with Crippen molar-refractivity contribution >= 4 is 43.7 Å². The molecule has 3 rings (SSSR count). The van der Waals surface area contributed by atoms with Gasteiger partial charge in [-0.15, -0.1) is 0 Å². The second-order valence-corrected chi connectivity index (χ2v) is 10.2. The van der Waals surface area contributed by atoms with Crippen molar-refractivity contribution in [2.24, 2.45) is 0 Å². The average molecular weight is 522 g/mol. The predicted molar refractivity (Wildman–Crippen MR) is 122 cm³/mol. The fraction of sp³-hybridized carbons (Fsp3) is 0.318. The number of nitrogens with zero attached hydrogens (tertiary/aromatic N) is 2. The summed E-state index contributed by atoms with van der Waals surface area (Å²) >= 11 is 3.36. The Morgan fingerprint density at radius 3 is 2.41 bits per heavy atom. The molecular formula is C22H24BrN3O5S. The van der Waals surface area contributed by atoms with Gasteiger partial charge >= 0.3 is 0 Å². The van der Waals surface area contributed by atoms with Gasteiger partial charge in [-0.05, 0) is 43.2 Å². The molecule has 0 spiro atoms. The van der Waals surface area contributed by atoms with Gasteiger partial charge in [0.2, 0.25) is 11.8 Å². The number of fused-ring (bicyclic) bond motifs is 1. The van der Waals surface area contributed by atoms with Crippen LogP contribution in [0.25, 0.3) is 0 Å². The molecule has 1 N–H and O–H groups in total. The number of halogens is 1. The summed E-state index contributed by atoms with van der Waals surface area (Å²) in [7, 11) is -4.13. The first kappa shape index (κ1) is 23.9. The zero-order valence-corrected chi connectivity index (χ0v) is 20.1. The van der Waals surface area contributed by atoms with Crippen LogP contribution in [0.1, 0.15) is 36.2 Å². The van der Waals surface area contributed by atoms with Crippen molar-refractivity contribution in [3.8, 4) is 0 Å². The fourth-order valence-corrected chi connectivity index (χ4v) is 5.15. The molecule has 0 unspecified atom stereocenters. The molecule has 2 aromatic carbocycles. The zero-order valence-electron chi connectivity index (χ0n) is 17.7. The molecule has 1 atom stereocenters. The molecule has 0 saturated carbocycles. The number of hydrogen-bond donors (Lipinski definition) is 1. The standard InChI is InChI=1S/C22H24BrN3O5S/c1-3-12-24-21(28)15(2)25(13-16-8-10-17(23)11-9-16)20(27)14-26-22(29)18-6-4-5-7-19(18)32(26,30)31/h4-11,15H,3,12-14H2,1-2H3,(H,24,28)/t15-/m1/s1. The van der Waals surface area contributed by atoms with Gasteiger partial charge in [0, 0.05) is 17.6 Å². The zero-order chi connectivity index (χ0) is 23.5. The maximum atomic E-state index is 13.3. The number of nitrogens with one attached hydrogen (secondary N) is 1. The lowest BCUT2D eigenvalue weighted by atomic mass is 10.1. The van der Waals surface area contributed by atoms with Gasteiger partial charge in [-0.1, -0.05) is 47.1 Å². The number of benzene rings is 2. The van der Waals surface area contributed by atoms with Gasteiger partial charge in [-0.3, -0.25) is 14.4 Å². The van der Waals surface area contributed by atoms with E-state index >= 15 is 0 Å². The van der Waals surface area contributed by atoms with Gasteiger partial charge in [-0.25, -0.2) is 12.7 Å². The van der Waals surface area contributed by atoms with E-state index in [0.29, 0.717) is 10.8 Å². The molecule has 10 heteroatoms. The molecule has 170 valence electrons. The van der Waals surface area contributed by atoms with Crippen LogP contribution < -0.4 is 5.32 Å². The fourth-order valence-electron chi connectivity index (χ4n) is 3.37. The summed E-state index contributed by atoms with van der Waals surface area (Å²) in [5, 5.41) is 2.76. The highest BCUT2D eigenvalue weighted by Crippen LogP contribution is 2.30. The molecule has 8 nitrogen and oxygen atoms in total. The van der Waals surface area contributed by atoms with E-state index in [1.807, 2.05) is 19.1 Å². The molecule has 0 fully saturated rings. The topological polar surface area (TPSA) is 104 Å². The van der Waals surface area contributed by atoms with E-state index in [0.717, 1.165) is 16.5 Å². The quantitative estimate of drug-likeness (QED) is 0.574. The summed E-state index contributed by atoms with van der Waals surface area (Å²) in [6.07, 6.45) is 0.734. The van der Waals surface area contributed by atoms with Crippen LogP contribution in [0.3, 0.4) is 0 Å². The van der Waals surface area contributed by atoms with E-state index in [-0.39, 0.29) is 22.9 Å². The first-order chi connectivity index (χ1) is 15.2. The molecule has 3 amide bonds. The Morgan fingerprint density at radius 1 is 1.12 bits per heavy atom. The third-order valence-electron chi connectivity index (χ3n) is 5.17. The molecule has 32 heavy (non-hydrogen) atoms. The monoisotopic (exact) mass is 521 g/mol. The van der Waals surface area contributed by atoms with Gasteiger partial charge in [0.25, 0.3) is 15.9 Å². The third-order valence-corrected chi connectivity index (χ3v) is 7.49. The largest absolute Gasteiger partial charge is 0.354 e. The van der Waals surface area contributed by atoms with Gasteiger partial charge in [0.15, 0.2) is 0 Å². The summed E-state index contributed by atoms with van der Waals surface area (Å²) in [6, 6.07) is 12.2. The molecule has 0 saturated heterocycles. The molecule has 0 radical (unpaired) electrons. The number of rotatable bonds is 8. The van der Waals surface area contributed by atoms with Crippen LogP contribution in [-0.4, -0.2) is 54.5 Å². The lowest BCUT2D eigenvalue weighted by molar-refractivity contribution is -0.140. The molecule has 1 heterocycles. The number of hydrogen-bond acceptors (Lipinski definition) is 5. The molecule has 0 aromatic heterocycles. The normalized spacial score (nSPS) is 15.2. The van der Waals surface area contributed by atoms with Crippen molar-refractivity contribution in [2.45, 2.75) is 37.8 Å². The minimum absolute atomic E-state index is 0.0356. The van der Waals surface area contributed by atoms with Gasteiger partial charge in [-0.2, -0.15) is 0 Å². The summed E-state index contributed by atoms with van der Waals surface area (Å²) in [5.74, 6) is -1.74. The number of sulfonamides is 1. The average Bonchev–Trinajstić information content (AvgIpc) is 2.97. The Hall–Kier alpha value is -2.72. The number of carbonyl (C=O) groups is 3. The van der Waals surface area contributed by atoms with Gasteiger partial charge < -0.3 is 10.2 Å². The first-order valence-corrected chi connectivity index (χ1v) is 12.4. The number of carbonyl (C=O) groups excluding carboxylic acids is 3. The summed E-state index contributed by atoms with van der Waals surface area (Å²) in [6.45, 7) is 3.35. The Morgan fingerprint density at radius 2 is 1.78 bits per heavy atom. The maximum absolute atomic E-state index is 13.3. The van der Waals surface area contributed by atoms with Crippen LogP contribution >= 0.6 is 15.9 Å².